The maximum absolute atomic E-state index is 12.0. The number of halogens is 5. The monoisotopic (exact) mass is 360 g/mol. The molecule has 0 spiro atoms. The highest BCUT2D eigenvalue weighted by Gasteiger charge is 2.34. The fourth-order valence-corrected chi connectivity index (χ4v) is 1.56. The third-order valence-corrected chi connectivity index (χ3v) is 2.89. The van der Waals surface area contributed by atoms with Crippen LogP contribution in [0, 0.1) is 0 Å². The first-order chi connectivity index (χ1) is 8.13. The van der Waals surface area contributed by atoms with Crippen LogP contribution < -0.4 is 11.1 Å². The standard InChI is InChI=1S/C11H12BrF3N2O.ClH/c1-10(16,7-2-4-8(12)5-3-7)9(18)17-6-11(13,14)15;/h2-5H,6,16H2,1H3,(H,17,18);1H. The minimum atomic E-state index is -4.45. The molecule has 0 aromatic heterocycles. The molecule has 0 radical (unpaired) electrons. The molecule has 0 saturated heterocycles. The van der Waals surface area contributed by atoms with Crippen molar-refractivity contribution in [1.82, 2.24) is 5.32 Å². The predicted molar refractivity (Wildman–Crippen MR) is 72.0 cm³/mol. The average molecular weight is 362 g/mol. The number of carbonyl (C=O) groups is 1. The summed E-state index contributed by atoms with van der Waals surface area (Å²) in [5.74, 6) is -0.873. The summed E-state index contributed by atoms with van der Waals surface area (Å²) in [5.41, 5.74) is 4.69. The molecule has 0 saturated carbocycles. The number of hydrogen-bond donors (Lipinski definition) is 2. The van der Waals surface area contributed by atoms with Gasteiger partial charge >= 0.3 is 6.18 Å². The highest BCUT2D eigenvalue weighted by molar-refractivity contribution is 9.10. The van der Waals surface area contributed by atoms with Gasteiger partial charge in [-0.3, -0.25) is 4.79 Å². The molecule has 0 heterocycles. The van der Waals surface area contributed by atoms with Crippen molar-refractivity contribution in [3.05, 3.63) is 34.3 Å². The number of benzene rings is 1. The Morgan fingerprint density at radius 3 is 2.21 bits per heavy atom. The largest absolute Gasteiger partial charge is 0.405 e. The van der Waals surface area contributed by atoms with Crippen molar-refractivity contribution >= 4 is 34.2 Å². The van der Waals surface area contributed by atoms with Crippen molar-refractivity contribution in [2.24, 2.45) is 5.73 Å². The van der Waals surface area contributed by atoms with Gasteiger partial charge in [0, 0.05) is 4.47 Å². The zero-order chi connectivity index (χ0) is 14.0. The highest BCUT2D eigenvalue weighted by atomic mass is 79.9. The van der Waals surface area contributed by atoms with Crippen LogP contribution in [0.15, 0.2) is 28.7 Å². The summed E-state index contributed by atoms with van der Waals surface area (Å²) in [7, 11) is 0. The quantitative estimate of drug-likeness (QED) is 0.870. The first kappa shape index (κ1) is 18.2. The average Bonchev–Trinajstić information content (AvgIpc) is 2.25. The van der Waals surface area contributed by atoms with Crippen LogP contribution in [-0.2, 0) is 10.3 Å². The lowest BCUT2D eigenvalue weighted by Crippen LogP contribution is -2.51. The second kappa shape index (κ2) is 6.58. The van der Waals surface area contributed by atoms with Crippen molar-refractivity contribution in [2.75, 3.05) is 6.54 Å². The molecule has 8 heteroatoms. The Balaban J connectivity index is 0.00000324. The van der Waals surface area contributed by atoms with Crippen molar-refractivity contribution < 1.29 is 18.0 Å². The van der Waals surface area contributed by atoms with Crippen molar-refractivity contribution in [3.8, 4) is 0 Å². The topological polar surface area (TPSA) is 55.1 Å². The molecular formula is C11H13BrClF3N2O. The maximum atomic E-state index is 12.0. The van der Waals surface area contributed by atoms with E-state index < -0.39 is 24.2 Å². The fourth-order valence-electron chi connectivity index (χ4n) is 1.29. The summed E-state index contributed by atoms with van der Waals surface area (Å²) < 4.78 is 36.8. The van der Waals surface area contributed by atoms with Gasteiger partial charge in [-0.25, -0.2) is 0 Å². The lowest BCUT2D eigenvalue weighted by atomic mass is 9.92. The Morgan fingerprint density at radius 1 is 1.32 bits per heavy atom. The van der Waals surface area contributed by atoms with Crippen molar-refractivity contribution in [2.45, 2.75) is 18.6 Å². The van der Waals surface area contributed by atoms with E-state index in [-0.39, 0.29) is 12.4 Å². The Hall–Kier alpha value is -0.790. The minimum absolute atomic E-state index is 0. The molecule has 1 atom stereocenters. The van der Waals surface area contributed by atoms with Gasteiger partial charge in [0.15, 0.2) is 0 Å². The van der Waals surface area contributed by atoms with E-state index in [2.05, 4.69) is 15.9 Å². The Bertz CT molecular complexity index is 435. The van der Waals surface area contributed by atoms with Crippen LogP contribution in [0.5, 0.6) is 0 Å². The predicted octanol–water partition coefficient (Wildman–Crippen LogP) is 2.72. The summed E-state index contributed by atoms with van der Waals surface area (Å²) in [6, 6.07) is 6.49. The number of nitrogens with two attached hydrogens (primary N) is 1. The molecular weight excluding hydrogens is 348 g/mol. The van der Waals surface area contributed by atoms with E-state index in [1.54, 1.807) is 29.6 Å². The summed E-state index contributed by atoms with van der Waals surface area (Å²) in [6.45, 7) is -0.0307. The van der Waals surface area contributed by atoms with Crippen LogP contribution in [0.4, 0.5) is 13.2 Å². The summed E-state index contributed by atoms with van der Waals surface area (Å²) in [4.78, 5) is 11.6. The van der Waals surface area contributed by atoms with E-state index in [0.29, 0.717) is 5.56 Å². The van der Waals surface area contributed by atoms with E-state index in [0.717, 1.165) is 4.47 Å². The maximum Gasteiger partial charge on any atom is 0.405 e. The van der Waals surface area contributed by atoms with Crippen LogP contribution in [0.3, 0.4) is 0 Å². The summed E-state index contributed by atoms with van der Waals surface area (Å²) >= 11 is 3.22. The number of nitrogens with one attached hydrogen (secondary N) is 1. The molecule has 0 bridgehead atoms. The van der Waals surface area contributed by atoms with E-state index in [4.69, 9.17) is 5.73 Å². The van der Waals surface area contributed by atoms with Crippen molar-refractivity contribution in [3.63, 3.8) is 0 Å². The summed E-state index contributed by atoms with van der Waals surface area (Å²) in [5, 5.41) is 1.78. The Morgan fingerprint density at radius 2 is 1.79 bits per heavy atom. The third-order valence-electron chi connectivity index (χ3n) is 2.36. The molecule has 108 valence electrons. The minimum Gasteiger partial charge on any atom is -0.345 e. The van der Waals surface area contributed by atoms with Gasteiger partial charge in [0.2, 0.25) is 5.91 Å². The molecule has 1 amide bonds. The molecule has 3 N–H and O–H groups in total. The van der Waals surface area contributed by atoms with Gasteiger partial charge in [-0.05, 0) is 24.6 Å². The second-order valence-corrected chi connectivity index (χ2v) is 4.92. The molecule has 1 aromatic rings. The van der Waals surface area contributed by atoms with Gasteiger partial charge in [-0.2, -0.15) is 13.2 Å². The molecule has 3 nitrogen and oxygen atoms in total. The lowest BCUT2D eigenvalue weighted by molar-refractivity contribution is -0.141. The van der Waals surface area contributed by atoms with Crippen LogP contribution in [-0.4, -0.2) is 18.6 Å². The number of carbonyl (C=O) groups excluding carboxylic acids is 1. The van der Waals surface area contributed by atoms with E-state index in [1.807, 2.05) is 0 Å². The van der Waals surface area contributed by atoms with Gasteiger partial charge in [-0.1, -0.05) is 28.1 Å². The summed E-state index contributed by atoms with van der Waals surface area (Å²) in [6.07, 6.45) is -4.45. The van der Waals surface area contributed by atoms with Gasteiger partial charge in [0.05, 0.1) is 0 Å². The van der Waals surface area contributed by atoms with E-state index in [9.17, 15) is 18.0 Å². The normalized spacial score (nSPS) is 14.2. The molecule has 1 aromatic carbocycles. The van der Waals surface area contributed by atoms with Gasteiger partial charge in [0.1, 0.15) is 12.1 Å². The second-order valence-electron chi connectivity index (χ2n) is 4.01. The number of hydrogen-bond acceptors (Lipinski definition) is 2. The fraction of sp³-hybridized carbons (Fsp3) is 0.364. The van der Waals surface area contributed by atoms with Crippen LogP contribution in [0.2, 0.25) is 0 Å². The number of alkyl halides is 3. The first-order valence-electron chi connectivity index (χ1n) is 5.03. The first-order valence-corrected chi connectivity index (χ1v) is 5.82. The van der Waals surface area contributed by atoms with Gasteiger partial charge < -0.3 is 11.1 Å². The molecule has 0 aliphatic rings. The van der Waals surface area contributed by atoms with Crippen LogP contribution in [0.25, 0.3) is 0 Å². The lowest BCUT2D eigenvalue weighted by Gasteiger charge is -2.24. The Kier molecular flexibility index (Phi) is 6.31. The smallest absolute Gasteiger partial charge is 0.345 e. The van der Waals surface area contributed by atoms with Crippen molar-refractivity contribution in [1.29, 1.82) is 0 Å². The molecule has 0 fully saturated rings. The number of amides is 1. The zero-order valence-corrected chi connectivity index (χ0v) is 12.3. The molecule has 1 unspecified atom stereocenters. The van der Waals surface area contributed by atoms with Gasteiger partial charge in [-0.15, -0.1) is 12.4 Å². The van der Waals surface area contributed by atoms with E-state index >= 15 is 0 Å². The molecule has 0 aliphatic heterocycles. The highest BCUT2D eigenvalue weighted by Crippen LogP contribution is 2.21. The van der Waals surface area contributed by atoms with Gasteiger partial charge in [0.25, 0.3) is 0 Å². The van der Waals surface area contributed by atoms with Crippen LogP contribution >= 0.6 is 28.3 Å². The van der Waals surface area contributed by atoms with E-state index in [1.165, 1.54) is 6.92 Å². The molecule has 19 heavy (non-hydrogen) atoms. The SMILES string of the molecule is CC(N)(C(=O)NCC(F)(F)F)c1ccc(Br)cc1.Cl. The van der Waals surface area contributed by atoms with Crippen LogP contribution in [0.1, 0.15) is 12.5 Å². The third kappa shape index (κ3) is 5.38. The Labute approximate surface area is 123 Å². The molecule has 1 rings (SSSR count). The number of rotatable bonds is 3. The zero-order valence-electron chi connectivity index (χ0n) is 9.92. The molecule has 0 aliphatic carbocycles.